The standard InChI is InChI=1S/C15H26O/c1-11(2)15(16)9-8-14(4)7-5-6-12(3)13(14)10-15/h11,16H,5-10H2,1-4H3. The number of rotatable bonds is 1. The fourth-order valence-electron chi connectivity index (χ4n) is 3.58. The lowest BCUT2D eigenvalue weighted by Gasteiger charge is -2.49. The molecular formula is C15H26O. The van der Waals surface area contributed by atoms with Gasteiger partial charge >= 0.3 is 0 Å². The minimum absolute atomic E-state index is 0.374. The number of hydrogen-bond donors (Lipinski definition) is 1. The van der Waals surface area contributed by atoms with E-state index < -0.39 is 5.60 Å². The molecule has 1 N–H and O–H groups in total. The summed E-state index contributed by atoms with van der Waals surface area (Å²) >= 11 is 0. The summed E-state index contributed by atoms with van der Waals surface area (Å²) in [5.74, 6) is 0.374. The number of hydrogen-bond acceptors (Lipinski definition) is 1. The van der Waals surface area contributed by atoms with Crippen LogP contribution in [0.1, 0.15) is 66.2 Å². The minimum atomic E-state index is -0.437. The van der Waals surface area contributed by atoms with Crippen LogP contribution in [0.2, 0.25) is 0 Å². The van der Waals surface area contributed by atoms with Crippen LogP contribution in [0.25, 0.3) is 0 Å². The summed E-state index contributed by atoms with van der Waals surface area (Å²) in [5.41, 5.74) is 3.12. The zero-order valence-corrected chi connectivity index (χ0v) is 11.3. The molecule has 92 valence electrons. The molecule has 0 aliphatic heterocycles. The molecule has 0 aromatic heterocycles. The third-order valence-electron chi connectivity index (χ3n) is 5.19. The topological polar surface area (TPSA) is 20.2 Å². The van der Waals surface area contributed by atoms with Crippen LogP contribution in [0.3, 0.4) is 0 Å². The first-order valence-corrected chi connectivity index (χ1v) is 6.79. The number of allylic oxidation sites excluding steroid dienone is 1. The van der Waals surface area contributed by atoms with Gasteiger partial charge in [0.2, 0.25) is 0 Å². The Morgan fingerprint density at radius 2 is 1.88 bits per heavy atom. The van der Waals surface area contributed by atoms with Gasteiger partial charge in [0.15, 0.2) is 0 Å². The average Bonchev–Trinajstić information content (AvgIpc) is 2.21. The molecule has 2 aliphatic carbocycles. The lowest BCUT2D eigenvalue weighted by molar-refractivity contribution is -0.0441. The quantitative estimate of drug-likeness (QED) is 0.663. The van der Waals surface area contributed by atoms with E-state index in [1.54, 1.807) is 11.1 Å². The maximum Gasteiger partial charge on any atom is 0.0708 e. The Morgan fingerprint density at radius 1 is 1.19 bits per heavy atom. The van der Waals surface area contributed by atoms with Crippen LogP contribution in [0.5, 0.6) is 0 Å². The van der Waals surface area contributed by atoms with E-state index in [1.165, 1.54) is 25.7 Å². The lowest BCUT2D eigenvalue weighted by atomic mass is 9.59. The summed E-state index contributed by atoms with van der Waals surface area (Å²) in [6.07, 6.45) is 7.00. The van der Waals surface area contributed by atoms with Gasteiger partial charge in [0.1, 0.15) is 0 Å². The molecule has 0 spiro atoms. The Balaban J connectivity index is 2.31. The first kappa shape index (κ1) is 12.2. The van der Waals surface area contributed by atoms with Gasteiger partial charge in [0.25, 0.3) is 0 Å². The summed E-state index contributed by atoms with van der Waals surface area (Å²) in [4.78, 5) is 0. The normalized spacial score (nSPS) is 40.1. The maximum atomic E-state index is 10.7. The molecule has 16 heavy (non-hydrogen) atoms. The highest BCUT2D eigenvalue weighted by Gasteiger charge is 2.45. The van der Waals surface area contributed by atoms with Gasteiger partial charge in [0, 0.05) is 0 Å². The monoisotopic (exact) mass is 222 g/mol. The van der Waals surface area contributed by atoms with Crippen LogP contribution < -0.4 is 0 Å². The summed E-state index contributed by atoms with van der Waals surface area (Å²) in [7, 11) is 0. The van der Waals surface area contributed by atoms with Gasteiger partial charge in [-0.3, -0.25) is 0 Å². The highest BCUT2D eigenvalue weighted by molar-refractivity contribution is 5.27. The Morgan fingerprint density at radius 3 is 2.50 bits per heavy atom. The van der Waals surface area contributed by atoms with Crippen LogP contribution in [-0.2, 0) is 0 Å². The van der Waals surface area contributed by atoms with Gasteiger partial charge in [-0.1, -0.05) is 31.9 Å². The molecule has 1 saturated carbocycles. The summed E-state index contributed by atoms with van der Waals surface area (Å²) < 4.78 is 0. The van der Waals surface area contributed by atoms with Crippen molar-refractivity contribution in [2.45, 2.75) is 71.8 Å². The van der Waals surface area contributed by atoms with Crippen LogP contribution in [-0.4, -0.2) is 10.7 Å². The zero-order valence-electron chi connectivity index (χ0n) is 11.3. The van der Waals surface area contributed by atoms with Crippen LogP contribution in [0, 0.1) is 11.3 Å². The minimum Gasteiger partial charge on any atom is -0.389 e. The average molecular weight is 222 g/mol. The van der Waals surface area contributed by atoms with Crippen molar-refractivity contribution in [3.63, 3.8) is 0 Å². The lowest BCUT2D eigenvalue weighted by Crippen LogP contribution is -2.44. The molecule has 2 rings (SSSR count). The molecule has 1 nitrogen and oxygen atoms in total. The van der Waals surface area contributed by atoms with E-state index in [9.17, 15) is 5.11 Å². The van der Waals surface area contributed by atoms with Crippen LogP contribution in [0.15, 0.2) is 11.1 Å². The molecule has 0 aromatic rings. The van der Waals surface area contributed by atoms with E-state index in [0.29, 0.717) is 11.3 Å². The van der Waals surface area contributed by atoms with Crippen LogP contribution >= 0.6 is 0 Å². The molecule has 1 heteroatoms. The maximum absolute atomic E-state index is 10.7. The highest BCUT2D eigenvalue weighted by atomic mass is 16.3. The van der Waals surface area contributed by atoms with Crippen molar-refractivity contribution in [2.75, 3.05) is 0 Å². The number of fused-ring (bicyclic) bond motifs is 1. The Labute approximate surface area is 99.9 Å². The van der Waals surface area contributed by atoms with E-state index >= 15 is 0 Å². The Bertz CT molecular complexity index is 315. The van der Waals surface area contributed by atoms with Crippen molar-refractivity contribution in [2.24, 2.45) is 11.3 Å². The molecule has 2 aliphatic rings. The summed E-state index contributed by atoms with van der Waals surface area (Å²) in [5, 5.41) is 10.7. The summed E-state index contributed by atoms with van der Waals surface area (Å²) in [6.45, 7) is 8.99. The van der Waals surface area contributed by atoms with E-state index in [4.69, 9.17) is 0 Å². The Kier molecular flexibility index (Phi) is 2.94. The van der Waals surface area contributed by atoms with Gasteiger partial charge < -0.3 is 5.11 Å². The first-order chi connectivity index (χ1) is 7.37. The number of aliphatic hydroxyl groups is 1. The largest absolute Gasteiger partial charge is 0.389 e. The molecule has 0 bridgehead atoms. The molecule has 0 radical (unpaired) electrons. The van der Waals surface area contributed by atoms with Gasteiger partial charge in [-0.2, -0.15) is 0 Å². The molecule has 0 saturated heterocycles. The first-order valence-electron chi connectivity index (χ1n) is 6.79. The molecule has 0 heterocycles. The molecule has 1 fully saturated rings. The highest BCUT2D eigenvalue weighted by Crippen LogP contribution is 2.53. The smallest absolute Gasteiger partial charge is 0.0708 e. The molecule has 2 atom stereocenters. The van der Waals surface area contributed by atoms with E-state index in [-0.39, 0.29) is 0 Å². The van der Waals surface area contributed by atoms with Gasteiger partial charge in [0.05, 0.1) is 5.60 Å². The van der Waals surface area contributed by atoms with Crippen molar-refractivity contribution in [3.8, 4) is 0 Å². The fourth-order valence-corrected chi connectivity index (χ4v) is 3.58. The van der Waals surface area contributed by atoms with Crippen LogP contribution in [0.4, 0.5) is 0 Å². The van der Waals surface area contributed by atoms with Gasteiger partial charge in [-0.05, 0) is 56.8 Å². The van der Waals surface area contributed by atoms with E-state index in [2.05, 4.69) is 27.7 Å². The van der Waals surface area contributed by atoms with E-state index in [0.717, 1.165) is 12.8 Å². The SMILES string of the molecule is CC1=C2CC(O)(C(C)C)CCC2(C)CCC1. The fraction of sp³-hybridized carbons (Fsp3) is 0.867. The zero-order chi connectivity index (χ0) is 12.0. The third kappa shape index (κ3) is 1.84. The van der Waals surface area contributed by atoms with Crippen molar-refractivity contribution >= 4 is 0 Å². The van der Waals surface area contributed by atoms with Crippen molar-refractivity contribution in [1.82, 2.24) is 0 Å². The van der Waals surface area contributed by atoms with Gasteiger partial charge in [-0.15, -0.1) is 0 Å². The van der Waals surface area contributed by atoms with E-state index in [1.807, 2.05) is 0 Å². The molecule has 0 aromatic carbocycles. The third-order valence-corrected chi connectivity index (χ3v) is 5.19. The Hall–Kier alpha value is -0.300. The molecule has 2 unspecified atom stereocenters. The van der Waals surface area contributed by atoms with Crippen molar-refractivity contribution < 1.29 is 5.11 Å². The van der Waals surface area contributed by atoms with Crippen molar-refractivity contribution in [1.29, 1.82) is 0 Å². The second kappa shape index (κ2) is 3.87. The second-order valence-corrected chi connectivity index (χ2v) is 6.61. The van der Waals surface area contributed by atoms with Crippen molar-refractivity contribution in [3.05, 3.63) is 11.1 Å². The molecule has 0 amide bonds. The predicted molar refractivity (Wildman–Crippen MR) is 68.3 cm³/mol. The predicted octanol–water partition coefficient (Wildman–Crippen LogP) is 4.06. The van der Waals surface area contributed by atoms with Gasteiger partial charge in [-0.25, -0.2) is 0 Å². The second-order valence-electron chi connectivity index (χ2n) is 6.61. The molecular weight excluding hydrogens is 196 g/mol. The summed E-state index contributed by atoms with van der Waals surface area (Å²) in [6, 6.07) is 0.